The molecule has 0 saturated carbocycles. The van der Waals surface area contributed by atoms with Gasteiger partial charge in [-0.2, -0.15) is 0 Å². The lowest BCUT2D eigenvalue weighted by molar-refractivity contribution is -0.0800. The molecule has 1 aromatic heterocycles. The second-order valence-electron chi connectivity index (χ2n) is 3.82. The van der Waals surface area contributed by atoms with Gasteiger partial charge < -0.3 is 25.4 Å². The van der Waals surface area contributed by atoms with Crippen LogP contribution in [0.5, 0.6) is 0 Å². The molecule has 92 valence electrons. The molecule has 17 heavy (non-hydrogen) atoms. The van der Waals surface area contributed by atoms with Crippen molar-refractivity contribution in [2.24, 2.45) is 0 Å². The number of nitrogens with zero attached hydrogens (tertiary/aromatic N) is 1. The van der Waals surface area contributed by atoms with Crippen LogP contribution in [0.15, 0.2) is 24.3 Å². The normalized spacial score (nSPS) is 16.9. The first-order chi connectivity index (χ1) is 8.13. The van der Waals surface area contributed by atoms with Gasteiger partial charge in [-0.1, -0.05) is 12.1 Å². The predicted octanol–water partition coefficient (Wildman–Crippen LogP) is -0.690. The lowest BCUT2D eigenvalue weighted by Gasteiger charge is -2.19. The second-order valence-corrected chi connectivity index (χ2v) is 3.82. The Balaban J connectivity index is 2.27. The number of rotatable bonds is 4. The number of para-hydroxylation sites is 2. The van der Waals surface area contributed by atoms with E-state index in [0.29, 0.717) is 5.52 Å². The fourth-order valence-corrected chi connectivity index (χ4v) is 1.59. The van der Waals surface area contributed by atoms with Gasteiger partial charge in [0.25, 0.3) is 0 Å². The van der Waals surface area contributed by atoms with Gasteiger partial charge >= 0.3 is 0 Å². The molecule has 0 aliphatic carbocycles. The molecule has 0 unspecified atom stereocenters. The highest BCUT2D eigenvalue weighted by atomic mass is 16.4. The Morgan fingerprint density at radius 2 is 1.88 bits per heavy atom. The first-order valence-electron chi connectivity index (χ1n) is 5.23. The highest BCUT2D eigenvalue weighted by Crippen LogP contribution is 2.19. The molecule has 5 N–H and O–H groups in total. The van der Waals surface area contributed by atoms with Crippen molar-refractivity contribution in [1.82, 2.24) is 9.97 Å². The minimum absolute atomic E-state index is 0.159. The third kappa shape index (κ3) is 2.29. The molecule has 2 aromatic rings. The zero-order chi connectivity index (χ0) is 12.4. The van der Waals surface area contributed by atoms with Gasteiger partial charge in [0.15, 0.2) is 0 Å². The number of imidazole rings is 1. The number of fused-ring (bicyclic) bond motifs is 1. The summed E-state index contributed by atoms with van der Waals surface area (Å²) in [5.41, 5.74) is 1.39. The smallest absolute Gasteiger partial charge is 0.140 e. The Morgan fingerprint density at radius 3 is 2.53 bits per heavy atom. The van der Waals surface area contributed by atoms with E-state index in [9.17, 15) is 15.3 Å². The summed E-state index contributed by atoms with van der Waals surface area (Å²) < 4.78 is 0. The van der Waals surface area contributed by atoms with Crippen molar-refractivity contribution in [2.45, 2.75) is 18.3 Å². The molecule has 0 spiro atoms. The summed E-state index contributed by atoms with van der Waals surface area (Å²) in [4.78, 5) is 6.93. The number of hydrogen-bond donors (Lipinski definition) is 5. The number of aliphatic hydroxyl groups is 4. The van der Waals surface area contributed by atoms with Crippen LogP contribution in [-0.4, -0.2) is 49.2 Å². The number of aromatic nitrogens is 2. The molecule has 0 amide bonds. The fraction of sp³-hybridized carbons (Fsp3) is 0.364. The molecule has 6 heteroatoms. The molecule has 1 heterocycles. The number of nitrogens with one attached hydrogen (secondary N) is 1. The average molecular weight is 238 g/mol. The molecule has 0 bridgehead atoms. The van der Waals surface area contributed by atoms with E-state index in [1.807, 2.05) is 6.07 Å². The zero-order valence-electron chi connectivity index (χ0n) is 8.98. The van der Waals surface area contributed by atoms with Crippen molar-refractivity contribution < 1.29 is 20.4 Å². The van der Waals surface area contributed by atoms with Gasteiger partial charge in [0, 0.05) is 0 Å². The summed E-state index contributed by atoms with van der Waals surface area (Å²) in [6.45, 7) is -0.627. The Bertz CT molecular complexity index is 466. The second kappa shape index (κ2) is 4.80. The van der Waals surface area contributed by atoms with Crippen LogP contribution in [0.1, 0.15) is 11.9 Å². The molecule has 3 atom stereocenters. The Kier molecular flexibility index (Phi) is 3.39. The van der Waals surface area contributed by atoms with Crippen LogP contribution in [0.25, 0.3) is 11.0 Å². The van der Waals surface area contributed by atoms with Crippen LogP contribution >= 0.6 is 0 Å². The van der Waals surface area contributed by atoms with Gasteiger partial charge in [0.2, 0.25) is 0 Å². The van der Waals surface area contributed by atoms with Crippen LogP contribution < -0.4 is 0 Å². The zero-order valence-corrected chi connectivity index (χ0v) is 8.98. The third-order valence-corrected chi connectivity index (χ3v) is 2.59. The molecule has 2 rings (SSSR count). The third-order valence-electron chi connectivity index (χ3n) is 2.59. The number of hydrogen-bond acceptors (Lipinski definition) is 5. The molecule has 0 saturated heterocycles. The number of H-pyrrole nitrogens is 1. The van der Waals surface area contributed by atoms with Crippen LogP contribution in [0.4, 0.5) is 0 Å². The molecule has 1 aromatic carbocycles. The highest BCUT2D eigenvalue weighted by molar-refractivity contribution is 5.74. The molecule has 0 fully saturated rings. The van der Waals surface area contributed by atoms with E-state index in [2.05, 4.69) is 9.97 Å². The first kappa shape index (κ1) is 12.0. The van der Waals surface area contributed by atoms with E-state index >= 15 is 0 Å². The maximum atomic E-state index is 9.78. The van der Waals surface area contributed by atoms with Gasteiger partial charge in [0.05, 0.1) is 17.6 Å². The van der Waals surface area contributed by atoms with Gasteiger partial charge in [-0.25, -0.2) is 4.98 Å². The van der Waals surface area contributed by atoms with E-state index < -0.39 is 24.9 Å². The molecular weight excluding hydrogens is 224 g/mol. The topological polar surface area (TPSA) is 110 Å². The van der Waals surface area contributed by atoms with E-state index in [0.717, 1.165) is 5.52 Å². The summed E-state index contributed by atoms with van der Waals surface area (Å²) in [6.07, 6.45) is -4.26. The largest absolute Gasteiger partial charge is 0.394 e. The average Bonchev–Trinajstić information content (AvgIpc) is 2.79. The van der Waals surface area contributed by atoms with Crippen molar-refractivity contribution in [1.29, 1.82) is 0 Å². The quantitative estimate of drug-likeness (QED) is 0.484. The van der Waals surface area contributed by atoms with E-state index in [1.165, 1.54) is 0 Å². The predicted molar refractivity (Wildman–Crippen MR) is 60.2 cm³/mol. The lowest BCUT2D eigenvalue weighted by Crippen LogP contribution is -2.35. The van der Waals surface area contributed by atoms with Gasteiger partial charge in [-0.05, 0) is 12.1 Å². The summed E-state index contributed by atoms with van der Waals surface area (Å²) in [7, 11) is 0. The minimum atomic E-state index is -1.49. The fourth-order valence-electron chi connectivity index (χ4n) is 1.59. The Morgan fingerprint density at radius 1 is 1.18 bits per heavy atom. The van der Waals surface area contributed by atoms with Crippen LogP contribution in [0, 0.1) is 0 Å². The lowest BCUT2D eigenvalue weighted by atomic mass is 10.1. The number of aliphatic hydroxyl groups excluding tert-OH is 4. The van der Waals surface area contributed by atoms with Gasteiger partial charge in [0.1, 0.15) is 24.1 Å². The molecule has 0 radical (unpaired) electrons. The van der Waals surface area contributed by atoms with E-state index in [1.54, 1.807) is 18.2 Å². The van der Waals surface area contributed by atoms with Crippen LogP contribution in [0.2, 0.25) is 0 Å². The van der Waals surface area contributed by atoms with Gasteiger partial charge in [-0.3, -0.25) is 0 Å². The highest BCUT2D eigenvalue weighted by Gasteiger charge is 2.27. The monoisotopic (exact) mass is 238 g/mol. The van der Waals surface area contributed by atoms with Crippen molar-refractivity contribution in [3.63, 3.8) is 0 Å². The standard InChI is InChI=1S/C11H14N2O4/c14-5-8(15)9(16)10(17)11-12-6-3-1-2-4-7(6)13-11/h1-4,8-10,14-17H,5H2,(H,12,13)/t8-,9-,10-/m0/s1. The number of aromatic amines is 1. The summed E-state index contributed by atoms with van der Waals surface area (Å²) in [5.74, 6) is 0.159. The van der Waals surface area contributed by atoms with Crippen molar-refractivity contribution in [3.8, 4) is 0 Å². The molecule has 6 nitrogen and oxygen atoms in total. The molecular formula is C11H14N2O4. The molecule has 0 aliphatic heterocycles. The maximum Gasteiger partial charge on any atom is 0.140 e. The summed E-state index contributed by atoms with van der Waals surface area (Å²) >= 11 is 0. The SMILES string of the molecule is OC[C@H](O)[C@H](O)[C@H](O)c1nc2ccccc2[nH]1. The van der Waals surface area contributed by atoms with Crippen molar-refractivity contribution >= 4 is 11.0 Å². The summed E-state index contributed by atoms with van der Waals surface area (Å²) in [6, 6.07) is 7.16. The molecule has 0 aliphatic rings. The maximum absolute atomic E-state index is 9.78. The van der Waals surface area contributed by atoms with E-state index in [-0.39, 0.29) is 5.82 Å². The van der Waals surface area contributed by atoms with Crippen LogP contribution in [-0.2, 0) is 0 Å². The summed E-state index contributed by atoms with van der Waals surface area (Å²) in [5, 5.41) is 37.2. The van der Waals surface area contributed by atoms with Crippen molar-refractivity contribution in [3.05, 3.63) is 30.1 Å². The van der Waals surface area contributed by atoms with E-state index in [4.69, 9.17) is 5.11 Å². The van der Waals surface area contributed by atoms with Gasteiger partial charge in [-0.15, -0.1) is 0 Å². The minimum Gasteiger partial charge on any atom is -0.394 e. The Labute approximate surface area is 97.2 Å². The first-order valence-corrected chi connectivity index (χ1v) is 5.23. The Hall–Kier alpha value is -1.47. The number of benzene rings is 1. The van der Waals surface area contributed by atoms with Crippen LogP contribution in [0.3, 0.4) is 0 Å². The van der Waals surface area contributed by atoms with Crippen molar-refractivity contribution in [2.75, 3.05) is 6.61 Å².